The second kappa shape index (κ2) is 4.87. The molecule has 0 saturated carbocycles. The maximum absolute atomic E-state index is 10.8. The van der Waals surface area contributed by atoms with Crippen LogP contribution in [0.1, 0.15) is 26.7 Å². The van der Waals surface area contributed by atoms with E-state index in [0.717, 1.165) is 6.42 Å². The first kappa shape index (κ1) is 9.03. The Hall–Kier alpha value is -0.970. The number of carbonyl (C=O) groups is 1. The molecule has 0 aliphatic carbocycles. The molecule has 0 aromatic rings. The van der Waals surface area contributed by atoms with Gasteiger partial charge in [0.05, 0.1) is 6.42 Å². The van der Waals surface area contributed by atoms with Crippen LogP contribution in [0.2, 0.25) is 0 Å². The number of amides is 1. The van der Waals surface area contributed by atoms with Crippen molar-refractivity contribution in [3.8, 4) is 12.3 Å². The highest BCUT2D eigenvalue weighted by Gasteiger charge is 2.01. The molecular formula is C8H13NO. The first-order valence-corrected chi connectivity index (χ1v) is 3.43. The maximum atomic E-state index is 10.8. The zero-order valence-corrected chi connectivity index (χ0v) is 6.48. The van der Waals surface area contributed by atoms with E-state index in [9.17, 15) is 4.79 Å². The Morgan fingerprint density at radius 1 is 1.80 bits per heavy atom. The van der Waals surface area contributed by atoms with E-state index in [4.69, 9.17) is 6.42 Å². The van der Waals surface area contributed by atoms with Crippen molar-refractivity contribution in [2.24, 2.45) is 0 Å². The highest BCUT2D eigenvalue weighted by atomic mass is 16.1. The Bertz CT molecular complexity index is 146. The van der Waals surface area contributed by atoms with Crippen molar-refractivity contribution in [2.45, 2.75) is 32.7 Å². The Morgan fingerprint density at radius 2 is 2.40 bits per heavy atom. The molecule has 1 amide bonds. The summed E-state index contributed by atoms with van der Waals surface area (Å²) in [5, 5.41) is 2.75. The predicted octanol–water partition coefficient (Wildman–Crippen LogP) is 0.924. The molecule has 0 radical (unpaired) electrons. The number of hydrogen-bond donors (Lipinski definition) is 1. The monoisotopic (exact) mass is 139 g/mol. The van der Waals surface area contributed by atoms with Gasteiger partial charge >= 0.3 is 0 Å². The molecule has 2 heteroatoms. The molecule has 2 nitrogen and oxygen atoms in total. The molecule has 10 heavy (non-hydrogen) atoms. The van der Waals surface area contributed by atoms with Crippen molar-refractivity contribution in [2.75, 3.05) is 0 Å². The number of rotatable bonds is 3. The second-order valence-corrected chi connectivity index (χ2v) is 2.26. The van der Waals surface area contributed by atoms with E-state index in [2.05, 4.69) is 11.2 Å². The SMILES string of the molecule is C#CCC(=O)NC(C)CC. The summed E-state index contributed by atoms with van der Waals surface area (Å²) in [7, 11) is 0. The summed E-state index contributed by atoms with van der Waals surface area (Å²) in [6, 6.07) is 0.237. The molecule has 0 bridgehead atoms. The quantitative estimate of drug-likeness (QED) is 0.579. The Balaban J connectivity index is 3.49. The lowest BCUT2D eigenvalue weighted by atomic mass is 10.2. The standard InChI is InChI=1S/C8H13NO/c1-4-6-8(10)9-7(3)5-2/h1,7H,5-6H2,2-3H3,(H,9,10). The Morgan fingerprint density at radius 3 is 2.80 bits per heavy atom. The fourth-order valence-corrected chi connectivity index (χ4v) is 0.521. The van der Waals surface area contributed by atoms with Gasteiger partial charge in [0.1, 0.15) is 0 Å². The first-order chi connectivity index (χ1) is 4.70. The van der Waals surface area contributed by atoms with Crippen molar-refractivity contribution in [1.82, 2.24) is 5.32 Å². The minimum absolute atomic E-state index is 0.0585. The van der Waals surface area contributed by atoms with Gasteiger partial charge in [-0.25, -0.2) is 0 Å². The number of hydrogen-bond acceptors (Lipinski definition) is 1. The smallest absolute Gasteiger partial charge is 0.232 e. The third-order valence-corrected chi connectivity index (χ3v) is 1.28. The van der Waals surface area contributed by atoms with Crippen LogP contribution in [0.3, 0.4) is 0 Å². The minimum Gasteiger partial charge on any atom is -0.353 e. The molecule has 0 aliphatic rings. The van der Waals surface area contributed by atoms with Gasteiger partial charge in [-0.3, -0.25) is 4.79 Å². The number of carbonyl (C=O) groups excluding carboxylic acids is 1. The van der Waals surface area contributed by atoms with Crippen molar-refractivity contribution in [3.63, 3.8) is 0 Å². The van der Waals surface area contributed by atoms with Crippen LogP contribution in [-0.2, 0) is 4.79 Å². The zero-order valence-electron chi connectivity index (χ0n) is 6.48. The molecule has 0 aliphatic heterocycles. The summed E-state index contributed by atoms with van der Waals surface area (Å²) in [6.07, 6.45) is 6.06. The van der Waals surface area contributed by atoms with Crippen LogP contribution >= 0.6 is 0 Å². The highest BCUT2D eigenvalue weighted by molar-refractivity contribution is 5.78. The first-order valence-electron chi connectivity index (χ1n) is 3.43. The van der Waals surface area contributed by atoms with Gasteiger partial charge in [-0.05, 0) is 13.3 Å². The maximum Gasteiger partial charge on any atom is 0.232 e. The molecular weight excluding hydrogens is 126 g/mol. The normalized spacial score (nSPS) is 11.7. The van der Waals surface area contributed by atoms with Gasteiger partial charge in [0.25, 0.3) is 0 Å². The van der Waals surface area contributed by atoms with E-state index in [1.165, 1.54) is 0 Å². The second-order valence-electron chi connectivity index (χ2n) is 2.26. The predicted molar refractivity (Wildman–Crippen MR) is 41.3 cm³/mol. The van der Waals surface area contributed by atoms with Gasteiger partial charge in [-0.2, -0.15) is 0 Å². The van der Waals surface area contributed by atoms with Crippen LogP contribution in [0.5, 0.6) is 0 Å². The molecule has 0 heterocycles. The van der Waals surface area contributed by atoms with Crippen molar-refractivity contribution in [1.29, 1.82) is 0 Å². The average molecular weight is 139 g/mol. The summed E-state index contributed by atoms with van der Waals surface area (Å²) < 4.78 is 0. The van der Waals surface area contributed by atoms with Crippen LogP contribution in [0, 0.1) is 12.3 Å². The number of terminal acetylenes is 1. The molecule has 0 spiro atoms. The lowest BCUT2D eigenvalue weighted by Crippen LogP contribution is -2.31. The fraction of sp³-hybridized carbons (Fsp3) is 0.625. The van der Waals surface area contributed by atoms with Gasteiger partial charge in [0.2, 0.25) is 5.91 Å². The van der Waals surface area contributed by atoms with Gasteiger partial charge in [-0.1, -0.05) is 12.8 Å². The largest absolute Gasteiger partial charge is 0.353 e. The van der Waals surface area contributed by atoms with Gasteiger partial charge in [0, 0.05) is 6.04 Å². The zero-order chi connectivity index (χ0) is 7.98. The third kappa shape index (κ3) is 3.96. The third-order valence-electron chi connectivity index (χ3n) is 1.28. The van der Waals surface area contributed by atoms with Crippen molar-refractivity contribution < 1.29 is 4.79 Å². The van der Waals surface area contributed by atoms with E-state index < -0.39 is 0 Å². The average Bonchev–Trinajstić information content (AvgIpc) is 1.88. The lowest BCUT2D eigenvalue weighted by Gasteiger charge is -2.08. The van der Waals surface area contributed by atoms with Crippen LogP contribution in [0.25, 0.3) is 0 Å². The van der Waals surface area contributed by atoms with E-state index >= 15 is 0 Å². The van der Waals surface area contributed by atoms with Crippen LogP contribution in [0.4, 0.5) is 0 Å². The van der Waals surface area contributed by atoms with E-state index in [0.29, 0.717) is 0 Å². The van der Waals surface area contributed by atoms with E-state index in [1.54, 1.807) is 0 Å². The Kier molecular flexibility index (Phi) is 4.39. The summed E-state index contributed by atoms with van der Waals surface area (Å²) in [5.74, 6) is 2.23. The summed E-state index contributed by atoms with van der Waals surface area (Å²) >= 11 is 0. The van der Waals surface area contributed by atoms with Crippen LogP contribution < -0.4 is 5.32 Å². The van der Waals surface area contributed by atoms with Crippen LogP contribution in [0.15, 0.2) is 0 Å². The van der Waals surface area contributed by atoms with Crippen LogP contribution in [-0.4, -0.2) is 11.9 Å². The van der Waals surface area contributed by atoms with Crippen molar-refractivity contribution in [3.05, 3.63) is 0 Å². The summed E-state index contributed by atoms with van der Waals surface area (Å²) in [5.41, 5.74) is 0. The molecule has 1 atom stereocenters. The van der Waals surface area contributed by atoms with E-state index in [-0.39, 0.29) is 18.4 Å². The molecule has 56 valence electrons. The molecule has 0 fully saturated rings. The molecule has 0 saturated heterocycles. The van der Waals surface area contributed by atoms with Crippen molar-refractivity contribution >= 4 is 5.91 Å². The minimum atomic E-state index is -0.0585. The van der Waals surface area contributed by atoms with Gasteiger partial charge < -0.3 is 5.32 Å². The molecule has 0 rings (SSSR count). The van der Waals surface area contributed by atoms with Gasteiger partial charge in [0.15, 0.2) is 0 Å². The number of nitrogens with one attached hydrogen (secondary N) is 1. The highest BCUT2D eigenvalue weighted by Crippen LogP contribution is 1.88. The fourth-order valence-electron chi connectivity index (χ4n) is 0.521. The summed E-state index contributed by atoms with van der Waals surface area (Å²) in [4.78, 5) is 10.8. The van der Waals surface area contributed by atoms with Gasteiger partial charge in [-0.15, -0.1) is 6.42 Å². The molecule has 1 unspecified atom stereocenters. The molecule has 0 aromatic heterocycles. The molecule has 1 N–H and O–H groups in total. The summed E-state index contributed by atoms with van der Waals surface area (Å²) in [6.45, 7) is 3.97. The topological polar surface area (TPSA) is 29.1 Å². The van der Waals surface area contributed by atoms with E-state index in [1.807, 2.05) is 13.8 Å². The Labute approximate surface area is 62.0 Å². The lowest BCUT2D eigenvalue weighted by molar-refractivity contribution is -0.120. The molecule has 0 aromatic carbocycles.